The molecule has 0 saturated heterocycles. The van der Waals surface area contributed by atoms with Crippen molar-refractivity contribution in [1.29, 1.82) is 0 Å². The third-order valence-electron chi connectivity index (χ3n) is 1.99. The number of nitrogens with zero attached hydrogens (tertiary/aromatic N) is 4. The fraction of sp³-hybridized carbons (Fsp3) is 0.444. The highest BCUT2D eigenvalue weighted by molar-refractivity contribution is 6.29. The van der Waals surface area contributed by atoms with Gasteiger partial charge in [0.15, 0.2) is 0 Å². The summed E-state index contributed by atoms with van der Waals surface area (Å²) in [5.74, 6) is 0.475. The smallest absolute Gasteiger partial charge is 0.337 e. The van der Waals surface area contributed by atoms with Gasteiger partial charge in [-0.1, -0.05) is 24.9 Å². The predicted octanol–water partition coefficient (Wildman–Crippen LogP) is 1.74. The highest BCUT2D eigenvalue weighted by Gasteiger charge is 2.09. The Hall–Kier alpha value is -1.36. The Morgan fingerprint density at radius 1 is 1.47 bits per heavy atom. The van der Waals surface area contributed by atoms with Crippen molar-refractivity contribution in [2.75, 3.05) is 7.11 Å². The van der Waals surface area contributed by atoms with Crippen LogP contribution in [-0.2, 0) is 6.42 Å². The predicted molar refractivity (Wildman–Crippen MR) is 56.3 cm³/mol. The first kappa shape index (κ1) is 10.2. The molecule has 0 aliphatic rings. The fourth-order valence-corrected chi connectivity index (χ4v) is 1.57. The SMILES string of the molecule is CCCc1cc(Cl)n2nc(OC)nc2n1. The maximum atomic E-state index is 6.03. The molecule has 2 aromatic heterocycles. The van der Waals surface area contributed by atoms with Gasteiger partial charge in [0, 0.05) is 5.69 Å². The molecule has 6 heteroatoms. The number of hydrogen-bond donors (Lipinski definition) is 0. The summed E-state index contributed by atoms with van der Waals surface area (Å²) in [5, 5.41) is 4.52. The van der Waals surface area contributed by atoms with E-state index in [1.165, 1.54) is 11.6 Å². The molecule has 5 nitrogen and oxygen atoms in total. The average Bonchev–Trinajstić information content (AvgIpc) is 2.62. The van der Waals surface area contributed by atoms with Gasteiger partial charge in [0.05, 0.1) is 7.11 Å². The Bertz CT molecular complexity index is 482. The number of fused-ring (bicyclic) bond motifs is 1. The molecule has 0 aliphatic heterocycles. The van der Waals surface area contributed by atoms with Crippen LogP contribution in [0.5, 0.6) is 6.01 Å². The highest BCUT2D eigenvalue weighted by atomic mass is 35.5. The Kier molecular flexibility index (Phi) is 2.73. The van der Waals surface area contributed by atoms with E-state index in [9.17, 15) is 0 Å². The first-order valence-corrected chi connectivity index (χ1v) is 5.08. The van der Waals surface area contributed by atoms with Crippen LogP contribution in [0.1, 0.15) is 19.0 Å². The van der Waals surface area contributed by atoms with Crippen molar-refractivity contribution in [3.63, 3.8) is 0 Å². The minimum Gasteiger partial charge on any atom is -0.466 e. The van der Waals surface area contributed by atoms with Gasteiger partial charge in [-0.05, 0) is 12.5 Å². The van der Waals surface area contributed by atoms with E-state index in [0.29, 0.717) is 10.9 Å². The van der Waals surface area contributed by atoms with Gasteiger partial charge in [0.25, 0.3) is 5.78 Å². The highest BCUT2D eigenvalue weighted by Crippen LogP contribution is 2.15. The van der Waals surface area contributed by atoms with Crippen molar-refractivity contribution in [2.24, 2.45) is 0 Å². The molecule has 0 amide bonds. The summed E-state index contributed by atoms with van der Waals surface area (Å²) in [5.41, 5.74) is 0.921. The van der Waals surface area contributed by atoms with E-state index in [1.54, 1.807) is 6.07 Å². The number of aromatic nitrogens is 4. The van der Waals surface area contributed by atoms with Crippen LogP contribution in [-0.4, -0.2) is 26.7 Å². The van der Waals surface area contributed by atoms with E-state index >= 15 is 0 Å². The lowest BCUT2D eigenvalue weighted by Crippen LogP contribution is -1.97. The molecule has 2 rings (SSSR count). The minimum atomic E-state index is 0.276. The largest absolute Gasteiger partial charge is 0.466 e. The number of hydrogen-bond acceptors (Lipinski definition) is 4. The van der Waals surface area contributed by atoms with E-state index < -0.39 is 0 Å². The average molecular weight is 227 g/mol. The van der Waals surface area contributed by atoms with Crippen molar-refractivity contribution in [1.82, 2.24) is 19.6 Å². The molecule has 2 aromatic rings. The number of aryl methyl sites for hydroxylation is 1. The molecule has 0 radical (unpaired) electrons. The quantitative estimate of drug-likeness (QED) is 0.748. The van der Waals surface area contributed by atoms with E-state index in [1.807, 2.05) is 0 Å². The summed E-state index contributed by atoms with van der Waals surface area (Å²) in [7, 11) is 1.51. The molecule has 15 heavy (non-hydrogen) atoms. The molecule has 0 bridgehead atoms. The second-order valence-electron chi connectivity index (χ2n) is 3.13. The van der Waals surface area contributed by atoms with E-state index in [-0.39, 0.29) is 6.01 Å². The summed E-state index contributed by atoms with van der Waals surface area (Å²) in [6.45, 7) is 2.09. The summed E-state index contributed by atoms with van der Waals surface area (Å²) in [6.07, 6.45) is 1.90. The fourth-order valence-electron chi connectivity index (χ4n) is 1.33. The topological polar surface area (TPSA) is 52.3 Å². The van der Waals surface area contributed by atoms with E-state index in [4.69, 9.17) is 16.3 Å². The number of ether oxygens (including phenoxy) is 1. The van der Waals surface area contributed by atoms with E-state index in [2.05, 4.69) is 22.0 Å². The van der Waals surface area contributed by atoms with Crippen LogP contribution >= 0.6 is 11.6 Å². The molecule has 0 aromatic carbocycles. The van der Waals surface area contributed by atoms with Crippen molar-refractivity contribution in [2.45, 2.75) is 19.8 Å². The molecule has 0 spiro atoms. The zero-order valence-corrected chi connectivity index (χ0v) is 9.32. The van der Waals surface area contributed by atoms with Crippen LogP contribution in [0.25, 0.3) is 5.78 Å². The molecular formula is C9H11ClN4O. The van der Waals surface area contributed by atoms with Crippen molar-refractivity contribution < 1.29 is 4.74 Å². The molecule has 2 heterocycles. The lowest BCUT2D eigenvalue weighted by atomic mass is 10.2. The van der Waals surface area contributed by atoms with Crippen molar-refractivity contribution >= 4 is 17.4 Å². The van der Waals surface area contributed by atoms with Gasteiger partial charge >= 0.3 is 6.01 Å². The second-order valence-corrected chi connectivity index (χ2v) is 3.52. The Labute approximate surface area is 92.1 Å². The Balaban J connectivity index is 2.54. The van der Waals surface area contributed by atoms with Gasteiger partial charge in [-0.25, -0.2) is 4.98 Å². The lowest BCUT2D eigenvalue weighted by molar-refractivity contribution is 0.380. The first-order chi connectivity index (χ1) is 7.24. The maximum absolute atomic E-state index is 6.03. The van der Waals surface area contributed by atoms with Gasteiger partial charge in [0.2, 0.25) is 0 Å². The molecule has 0 fully saturated rings. The molecular weight excluding hydrogens is 216 g/mol. The van der Waals surface area contributed by atoms with Crippen LogP contribution in [0, 0.1) is 0 Å². The Morgan fingerprint density at radius 3 is 2.93 bits per heavy atom. The minimum absolute atomic E-state index is 0.276. The molecule has 80 valence electrons. The van der Waals surface area contributed by atoms with E-state index in [0.717, 1.165) is 18.5 Å². The zero-order valence-electron chi connectivity index (χ0n) is 8.57. The van der Waals surface area contributed by atoms with Gasteiger partial charge < -0.3 is 4.74 Å². The van der Waals surface area contributed by atoms with Crippen LogP contribution in [0.4, 0.5) is 0 Å². The van der Waals surface area contributed by atoms with Crippen molar-refractivity contribution in [3.8, 4) is 6.01 Å². The number of methoxy groups -OCH3 is 1. The van der Waals surface area contributed by atoms with Crippen LogP contribution in [0.3, 0.4) is 0 Å². The zero-order chi connectivity index (χ0) is 10.8. The monoisotopic (exact) mass is 226 g/mol. The molecule has 0 aliphatic carbocycles. The van der Waals surface area contributed by atoms with Crippen LogP contribution in [0.15, 0.2) is 6.07 Å². The summed E-state index contributed by atoms with van der Waals surface area (Å²) >= 11 is 6.03. The molecule has 0 saturated carbocycles. The normalized spacial score (nSPS) is 10.9. The third kappa shape index (κ3) is 1.87. The standard InChI is InChI=1S/C9H11ClN4O/c1-3-4-6-5-7(10)14-8(11-6)12-9(13-14)15-2/h5H,3-4H2,1-2H3. The molecule has 0 atom stereocenters. The van der Waals surface area contributed by atoms with Crippen LogP contribution < -0.4 is 4.74 Å². The third-order valence-corrected chi connectivity index (χ3v) is 2.26. The Morgan fingerprint density at radius 2 is 2.27 bits per heavy atom. The van der Waals surface area contributed by atoms with Gasteiger partial charge in [-0.3, -0.25) is 0 Å². The maximum Gasteiger partial charge on any atom is 0.337 e. The van der Waals surface area contributed by atoms with Gasteiger partial charge in [-0.2, -0.15) is 9.50 Å². The molecule has 0 N–H and O–H groups in total. The molecule has 0 unspecified atom stereocenters. The summed E-state index contributed by atoms with van der Waals surface area (Å²) < 4.78 is 6.37. The van der Waals surface area contributed by atoms with Crippen LogP contribution in [0.2, 0.25) is 5.15 Å². The second kappa shape index (κ2) is 4.02. The van der Waals surface area contributed by atoms with Crippen molar-refractivity contribution in [3.05, 3.63) is 16.9 Å². The summed E-state index contributed by atoms with van der Waals surface area (Å²) in [6, 6.07) is 2.07. The summed E-state index contributed by atoms with van der Waals surface area (Å²) in [4.78, 5) is 8.39. The van der Waals surface area contributed by atoms with Gasteiger partial charge in [0.1, 0.15) is 5.15 Å². The number of halogens is 1. The number of rotatable bonds is 3. The first-order valence-electron chi connectivity index (χ1n) is 4.70. The lowest BCUT2D eigenvalue weighted by Gasteiger charge is -1.99. The van der Waals surface area contributed by atoms with Gasteiger partial charge in [-0.15, -0.1) is 5.10 Å².